The molecule has 0 aliphatic heterocycles. The van der Waals surface area contributed by atoms with Gasteiger partial charge in [-0.05, 0) is 49.9 Å². The number of rotatable bonds is 1. The summed E-state index contributed by atoms with van der Waals surface area (Å²) in [7, 11) is 0. The van der Waals surface area contributed by atoms with Gasteiger partial charge in [0, 0.05) is 0 Å². The first-order chi connectivity index (χ1) is 6.63. The zero-order valence-electron chi connectivity index (χ0n) is 9.63. The van der Waals surface area contributed by atoms with Gasteiger partial charge >= 0.3 is 0 Å². The van der Waals surface area contributed by atoms with Crippen molar-refractivity contribution in [2.45, 2.75) is 64.4 Å². The molecule has 0 aromatic carbocycles. The largest absolute Gasteiger partial charge is 0.389 e. The molecular formula is C13H24O. The summed E-state index contributed by atoms with van der Waals surface area (Å²) in [6.45, 7) is 4.58. The lowest BCUT2D eigenvalue weighted by Gasteiger charge is -2.44. The van der Waals surface area contributed by atoms with E-state index in [9.17, 15) is 5.11 Å². The predicted octanol–water partition coefficient (Wildman–Crippen LogP) is 3.36. The molecule has 2 aliphatic carbocycles. The number of hydrogen-bond donors (Lipinski definition) is 1. The van der Waals surface area contributed by atoms with Crippen molar-refractivity contribution in [1.29, 1.82) is 0 Å². The lowest BCUT2D eigenvalue weighted by Crippen LogP contribution is -2.46. The van der Waals surface area contributed by atoms with E-state index in [0.29, 0.717) is 11.8 Å². The Kier molecular flexibility index (Phi) is 2.88. The summed E-state index contributed by atoms with van der Waals surface area (Å²) >= 11 is 0. The van der Waals surface area contributed by atoms with Gasteiger partial charge in [-0.2, -0.15) is 0 Å². The Morgan fingerprint density at radius 2 is 1.71 bits per heavy atom. The van der Waals surface area contributed by atoms with E-state index in [4.69, 9.17) is 0 Å². The van der Waals surface area contributed by atoms with E-state index < -0.39 is 0 Å². The molecule has 2 rings (SSSR count). The molecule has 0 aromatic rings. The fraction of sp³-hybridized carbons (Fsp3) is 1.00. The van der Waals surface area contributed by atoms with Crippen LogP contribution >= 0.6 is 0 Å². The summed E-state index contributed by atoms with van der Waals surface area (Å²) in [5.74, 6) is 1.96. The molecule has 0 heterocycles. The normalized spacial score (nSPS) is 45.6. The highest BCUT2D eigenvalue weighted by Gasteiger charge is 2.44. The molecule has 1 heteroatoms. The Morgan fingerprint density at radius 3 is 2.29 bits per heavy atom. The molecule has 3 unspecified atom stereocenters. The standard InChI is InChI=1S/C13H24O/c1-10-7-8-13(14,11(2)9-10)12-5-3-4-6-12/h10-12,14H,3-9H2,1-2H3. The smallest absolute Gasteiger partial charge is 0.0701 e. The monoisotopic (exact) mass is 196 g/mol. The highest BCUT2D eigenvalue weighted by molar-refractivity contribution is 4.96. The second-order valence-corrected chi connectivity index (χ2v) is 5.75. The van der Waals surface area contributed by atoms with Crippen molar-refractivity contribution >= 4 is 0 Å². The maximum absolute atomic E-state index is 10.8. The summed E-state index contributed by atoms with van der Waals surface area (Å²) in [5, 5.41) is 10.8. The molecule has 1 nitrogen and oxygen atoms in total. The van der Waals surface area contributed by atoms with Crippen LogP contribution < -0.4 is 0 Å². The van der Waals surface area contributed by atoms with E-state index in [1.165, 1.54) is 38.5 Å². The Hall–Kier alpha value is -0.0400. The van der Waals surface area contributed by atoms with Crippen LogP contribution in [0.25, 0.3) is 0 Å². The van der Waals surface area contributed by atoms with Crippen molar-refractivity contribution in [3.63, 3.8) is 0 Å². The number of hydrogen-bond acceptors (Lipinski definition) is 1. The molecule has 0 radical (unpaired) electrons. The zero-order chi connectivity index (χ0) is 10.2. The molecule has 0 spiro atoms. The zero-order valence-corrected chi connectivity index (χ0v) is 9.63. The highest BCUT2D eigenvalue weighted by atomic mass is 16.3. The summed E-state index contributed by atoms with van der Waals surface area (Å²) in [4.78, 5) is 0. The first-order valence-electron chi connectivity index (χ1n) is 6.35. The van der Waals surface area contributed by atoms with Crippen molar-refractivity contribution in [3.8, 4) is 0 Å². The molecule has 1 N–H and O–H groups in total. The van der Waals surface area contributed by atoms with Crippen molar-refractivity contribution in [3.05, 3.63) is 0 Å². The second kappa shape index (κ2) is 3.84. The molecule has 0 amide bonds. The minimum absolute atomic E-state index is 0.303. The molecule has 3 atom stereocenters. The van der Waals surface area contributed by atoms with Crippen molar-refractivity contribution in [2.24, 2.45) is 17.8 Å². The van der Waals surface area contributed by atoms with Gasteiger partial charge in [-0.15, -0.1) is 0 Å². The van der Waals surface area contributed by atoms with Gasteiger partial charge in [0.15, 0.2) is 0 Å². The molecule has 2 fully saturated rings. The quantitative estimate of drug-likeness (QED) is 0.682. The van der Waals surface area contributed by atoms with Crippen LogP contribution in [-0.2, 0) is 0 Å². The lowest BCUT2D eigenvalue weighted by molar-refractivity contribution is -0.0963. The maximum Gasteiger partial charge on any atom is 0.0701 e. The topological polar surface area (TPSA) is 20.2 Å². The van der Waals surface area contributed by atoms with Crippen molar-refractivity contribution < 1.29 is 5.11 Å². The fourth-order valence-corrected chi connectivity index (χ4v) is 3.68. The molecule has 0 saturated heterocycles. The lowest BCUT2D eigenvalue weighted by atomic mass is 9.66. The van der Waals surface area contributed by atoms with Gasteiger partial charge in [0.25, 0.3) is 0 Å². The van der Waals surface area contributed by atoms with Crippen LogP contribution in [0, 0.1) is 17.8 Å². The van der Waals surface area contributed by atoms with Crippen LogP contribution in [0.1, 0.15) is 58.8 Å². The highest BCUT2D eigenvalue weighted by Crippen LogP contribution is 2.46. The van der Waals surface area contributed by atoms with Gasteiger partial charge in [-0.1, -0.05) is 26.7 Å². The molecule has 2 aliphatic rings. The Labute approximate surface area is 87.9 Å². The van der Waals surface area contributed by atoms with E-state index >= 15 is 0 Å². The number of aliphatic hydroxyl groups is 1. The van der Waals surface area contributed by atoms with E-state index in [0.717, 1.165) is 12.3 Å². The molecular weight excluding hydrogens is 172 g/mol. The first-order valence-corrected chi connectivity index (χ1v) is 6.35. The van der Waals surface area contributed by atoms with Crippen LogP contribution in [0.2, 0.25) is 0 Å². The fourth-order valence-electron chi connectivity index (χ4n) is 3.68. The SMILES string of the molecule is CC1CCC(O)(C2CCCC2)C(C)C1. The van der Waals surface area contributed by atoms with Crippen LogP contribution in [-0.4, -0.2) is 10.7 Å². The predicted molar refractivity (Wildman–Crippen MR) is 59.1 cm³/mol. The van der Waals surface area contributed by atoms with Crippen molar-refractivity contribution in [2.75, 3.05) is 0 Å². The second-order valence-electron chi connectivity index (χ2n) is 5.75. The average Bonchev–Trinajstić information content (AvgIpc) is 2.65. The summed E-state index contributed by atoms with van der Waals surface area (Å²) in [5.41, 5.74) is -0.303. The maximum atomic E-state index is 10.8. The first kappa shape index (κ1) is 10.5. The van der Waals surface area contributed by atoms with Crippen LogP contribution in [0.4, 0.5) is 0 Å². The Morgan fingerprint density at radius 1 is 1.07 bits per heavy atom. The van der Waals surface area contributed by atoms with E-state index in [2.05, 4.69) is 13.8 Å². The third-order valence-corrected chi connectivity index (χ3v) is 4.71. The van der Waals surface area contributed by atoms with E-state index in [1.807, 2.05) is 0 Å². The van der Waals surface area contributed by atoms with Gasteiger partial charge in [-0.3, -0.25) is 0 Å². The van der Waals surface area contributed by atoms with Gasteiger partial charge in [0.05, 0.1) is 5.60 Å². The van der Waals surface area contributed by atoms with E-state index in [-0.39, 0.29) is 5.60 Å². The minimum Gasteiger partial charge on any atom is -0.389 e. The Bertz CT molecular complexity index is 195. The van der Waals surface area contributed by atoms with Crippen molar-refractivity contribution in [1.82, 2.24) is 0 Å². The third-order valence-electron chi connectivity index (χ3n) is 4.71. The molecule has 2 saturated carbocycles. The third kappa shape index (κ3) is 1.71. The van der Waals surface area contributed by atoms with E-state index in [1.54, 1.807) is 0 Å². The molecule has 14 heavy (non-hydrogen) atoms. The minimum atomic E-state index is -0.303. The Balaban J connectivity index is 2.05. The summed E-state index contributed by atoms with van der Waals surface area (Å²) < 4.78 is 0. The van der Waals surface area contributed by atoms with Gasteiger partial charge in [0.2, 0.25) is 0 Å². The molecule has 0 aromatic heterocycles. The summed E-state index contributed by atoms with van der Waals surface area (Å²) in [6.07, 6.45) is 8.75. The van der Waals surface area contributed by atoms with Gasteiger partial charge in [0.1, 0.15) is 0 Å². The average molecular weight is 196 g/mol. The molecule has 0 bridgehead atoms. The molecule has 82 valence electrons. The van der Waals surface area contributed by atoms with Crippen LogP contribution in [0.3, 0.4) is 0 Å². The van der Waals surface area contributed by atoms with Crippen LogP contribution in [0.15, 0.2) is 0 Å². The van der Waals surface area contributed by atoms with Crippen LogP contribution in [0.5, 0.6) is 0 Å². The summed E-state index contributed by atoms with van der Waals surface area (Å²) in [6, 6.07) is 0. The van der Waals surface area contributed by atoms with Gasteiger partial charge in [-0.25, -0.2) is 0 Å². The van der Waals surface area contributed by atoms with Gasteiger partial charge < -0.3 is 5.11 Å².